The summed E-state index contributed by atoms with van der Waals surface area (Å²) < 4.78 is 10.4. The molecule has 0 spiro atoms. The fourth-order valence-electron chi connectivity index (χ4n) is 7.33. The van der Waals surface area contributed by atoms with Gasteiger partial charge in [0.2, 0.25) is 0 Å². The van der Waals surface area contributed by atoms with Gasteiger partial charge in [0, 0.05) is 17.5 Å². The average Bonchev–Trinajstić information content (AvgIpc) is 3.80. The summed E-state index contributed by atoms with van der Waals surface area (Å²) in [5.41, 5.74) is 8.34. The number of ketones is 1. The SMILES string of the molecule is CCOC(=O)CC[C@@H]1/C2=C3/c4[n-]c(c(C)c4C(=O)[C@@H]3C(=O)OC)/C=c3\[n-]/c(c(C=O)c3CC)=C\c3[n-]c(c(C)c3CC)/C=C(\[N-]2)[C@H]1C.[Mg+2]. The minimum atomic E-state index is -1.23. The Kier molecular flexibility index (Phi) is 10.1. The number of hydrogen-bond acceptors (Lipinski definition) is 6. The molecule has 6 rings (SSSR count). The molecule has 1 saturated heterocycles. The number of carbonyl (C=O) groups excluding carboxylic acids is 4. The maximum absolute atomic E-state index is 14.1. The number of methoxy groups -OCH3 is 1. The van der Waals surface area contributed by atoms with Gasteiger partial charge in [-0.2, -0.15) is 11.4 Å². The second-order valence-corrected chi connectivity index (χ2v) is 12.3. The zero-order valence-electron chi connectivity index (χ0n) is 28.5. The van der Waals surface area contributed by atoms with Crippen molar-refractivity contribution < 1.29 is 28.7 Å². The fraction of sp³-hybridized carbons (Fsp3) is 0.405. The maximum Gasteiger partial charge on any atom is 2.00 e. The van der Waals surface area contributed by atoms with E-state index in [2.05, 4.69) is 6.92 Å². The number of ether oxygens (including phenoxy) is 2. The number of Topliss-reactive ketones (excluding diaryl/α,β-unsaturated/α-hetero) is 1. The van der Waals surface area contributed by atoms with E-state index in [-0.39, 0.29) is 53.9 Å². The minimum Gasteiger partial charge on any atom is -0.664 e. The van der Waals surface area contributed by atoms with E-state index in [1.54, 1.807) is 19.9 Å². The molecule has 0 saturated carbocycles. The second kappa shape index (κ2) is 13.8. The van der Waals surface area contributed by atoms with E-state index in [9.17, 15) is 19.2 Å². The third kappa shape index (κ3) is 5.60. The van der Waals surface area contributed by atoms with Crippen molar-refractivity contribution in [2.45, 2.75) is 67.2 Å². The molecule has 0 amide bonds. The zero-order chi connectivity index (χ0) is 33.7. The normalized spacial score (nSPS) is 23.2. The first-order chi connectivity index (χ1) is 22.6. The maximum atomic E-state index is 14.1. The first-order valence-electron chi connectivity index (χ1n) is 16.2. The van der Waals surface area contributed by atoms with Crippen LogP contribution in [0, 0.1) is 31.6 Å². The monoisotopic (exact) mass is 658 g/mol. The van der Waals surface area contributed by atoms with Crippen LogP contribution < -0.4 is 25.7 Å². The quantitative estimate of drug-likeness (QED) is 0.154. The van der Waals surface area contributed by atoms with Crippen molar-refractivity contribution in [3.8, 4) is 0 Å². The zero-order valence-corrected chi connectivity index (χ0v) is 29.9. The van der Waals surface area contributed by atoms with Crippen LogP contribution in [0.1, 0.15) is 106 Å². The van der Waals surface area contributed by atoms with Gasteiger partial charge in [-0.3, -0.25) is 19.2 Å². The summed E-state index contributed by atoms with van der Waals surface area (Å²) in [5.74, 6) is -3.13. The van der Waals surface area contributed by atoms with Gasteiger partial charge >= 0.3 is 35.0 Å². The van der Waals surface area contributed by atoms with E-state index < -0.39 is 17.7 Å². The van der Waals surface area contributed by atoms with Crippen LogP contribution >= 0.6 is 0 Å². The van der Waals surface area contributed by atoms with Gasteiger partial charge in [-0.25, -0.2) is 0 Å². The van der Waals surface area contributed by atoms with Crippen LogP contribution in [0.15, 0.2) is 11.4 Å². The molecular weight excluding hydrogens is 621 g/mol. The van der Waals surface area contributed by atoms with Gasteiger partial charge in [-0.15, -0.1) is 33.5 Å². The number of fused-ring (bicyclic) bond motifs is 7. The van der Waals surface area contributed by atoms with Gasteiger partial charge < -0.3 is 29.7 Å². The predicted molar refractivity (Wildman–Crippen MR) is 182 cm³/mol. The minimum absolute atomic E-state index is 0. The van der Waals surface area contributed by atoms with Crippen molar-refractivity contribution in [2.24, 2.45) is 17.8 Å². The molecule has 10 nitrogen and oxygen atoms in total. The molecule has 5 heterocycles. The standard InChI is InChI=1S/C37H39N4O6.Mg/c1-8-20-17(4)24-13-25-18(5)22(11-12-30(43)47-10-3)34(40-25)32-33(37(45)46-7)36(44)31-19(6)26(41-35(31)32)14-28-21(9-2)23(16-42)29(39-28)15-27(20)38-24;/h13-16,18,22,33H,8-12H2,1-7H3,(H-,40,41,42,44);/q-3;+2/p-1/b25-13-,29-15-;/t18-,22-,33+;/m0./s1. The Balaban J connectivity index is 0.00000451. The number of hydrogen-bond donors (Lipinski definition) is 0. The van der Waals surface area contributed by atoms with Crippen LogP contribution in [0.3, 0.4) is 0 Å². The molecule has 3 aromatic rings. The van der Waals surface area contributed by atoms with Crippen molar-refractivity contribution in [3.05, 3.63) is 83.6 Å². The Labute approximate surface area is 295 Å². The van der Waals surface area contributed by atoms with Crippen molar-refractivity contribution in [3.63, 3.8) is 0 Å². The molecule has 1 aliphatic carbocycles. The number of allylic oxidation sites excluding steroid dienone is 2. The summed E-state index contributed by atoms with van der Waals surface area (Å²) in [4.78, 5) is 67.2. The van der Waals surface area contributed by atoms with Crippen LogP contribution in [0.25, 0.3) is 29.1 Å². The topological polar surface area (TPSA) is 143 Å². The molecular formula is C37H38MgN4O6-2. The van der Waals surface area contributed by atoms with E-state index >= 15 is 0 Å². The van der Waals surface area contributed by atoms with E-state index in [0.717, 1.165) is 46.5 Å². The number of carbonyl (C=O) groups is 4. The van der Waals surface area contributed by atoms with Gasteiger partial charge in [0.1, 0.15) is 12.2 Å². The second-order valence-electron chi connectivity index (χ2n) is 12.3. The van der Waals surface area contributed by atoms with Gasteiger partial charge in [0.25, 0.3) is 0 Å². The van der Waals surface area contributed by atoms with Gasteiger partial charge in [0.15, 0.2) is 5.78 Å². The Morgan fingerprint density at radius 1 is 0.917 bits per heavy atom. The summed E-state index contributed by atoms with van der Waals surface area (Å²) in [6, 6.07) is 0. The van der Waals surface area contributed by atoms with Crippen molar-refractivity contribution in [2.75, 3.05) is 13.7 Å². The first-order valence-corrected chi connectivity index (χ1v) is 16.2. The smallest absolute Gasteiger partial charge is 0.664 e. The molecule has 3 aliphatic rings. The fourth-order valence-corrected chi connectivity index (χ4v) is 7.33. The van der Waals surface area contributed by atoms with Crippen molar-refractivity contribution >= 4 is 70.9 Å². The molecule has 8 bridgehead atoms. The molecule has 3 atom stereocenters. The molecule has 48 heavy (non-hydrogen) atoms. The largest absolute Gasteiger partial charge is 2.00 e. The Hall–Kier alpha value is -4.09. The molecule has 1 fully saturated rings. The molecule has 0 unspecified atom stereocenters. The number of aromatic nitrogens is 3. The average molecular weight is 659 g/mol. The molecule has 0 radical (unpaired) electrons. The number of esters is 2. The number of rotatable bonds is 8. The van der Waals surface area contributed by atoms with Crippen LogP contribution in [-0.4, -0.2) is 60.8 Å². The van der Waals surface area contributed by atoms with Gasteiger partial charge in [0.05, 0.1) is 13.7 Å². The van der Waals surface area contributed by atoms with Crippen LogP contribution in [0.4, 0.5) is 0 Å². The summed E-state index contributed by atoms with van der Waals surface area (Å²) >= 11 is 0. The molecule has 2 aliphatic heterocycles. The number of nitrogens with zero attached hydrogens (tertiary/aromatic N) is 4. The predicted octanol–water partition coefficient (Wildman–Crippen LogP) is 3.42. The van der Waals surface area contributed by atoms with E-state index in [1.807, 2.05) is 32.9 Å². The Bertz CT molecular complexity index is 2020. The third-order valence-corrected chi connectivity index (χ3v) is 9.82. The molecule has 246 valence electrons. The summed E-state index contributed by atoms with van der Waals surface area (Å²) in [7, 11) is 1.26. The number of aldehydes is 1. The molecule has 0 aromatic carbocycles. The summed E-state index contributed by atoms with van der Waals surface area (Å²) in [6.07, 6.45) is 8.29. The van der Waals surface area contributed by atoms with E-state index in [0.29, 0.717) is 62.9 Å². The molecule has 11 heteroatoms. The van der Waals surface area contributed by atoms with Crippen LogP contribution in [0.2, 0.25) is 0 Å². The van der Waals surface area contributed by atoms with Gasteiger partial charge in [-0.05, 0) is 51.9 Å². The van der Waals surface area contributed by atoms with Crippen molar-refractivity contribution in [1.82, 2.24) is 15.0 Å². The third-order valence-electron chi connectivity index (χ3n) is 9.82. The summed E-state index contributed by atoms with van der Waals surface area (Å²) in [5, 5.41) is 6.24. The van der Waals surface area contributed by atoms with Gasteiger partial charge in [-0.1, -0.05) is 66.8 Å². The van der Waals surface area contributed by atoms with Crippen LogP contribution in [-0.2, 0) is 31.9 Å². The van der Waals surface area contributed by atoms with Crippen LogP contribution in [0.5, 0.6) is 0 Å². The Morgan fingerprint density at radius 3 is 2.25 bits per heavy atom. The van der Waals surface area contributed by atoms with E-state index in [4.69, 9.17) is 29.7 Å². The summed E-state index contributed by atoms with van der Waals surface area (Å²) in [6.45, 7) is 11.9. The first kappa shape index (κ1) is 35.2. The molecule has 3 aromatic heterocycles. The van der Waals surface area contributed by atoms with Crippen molar-refractivity contribution in [1.29, 1.82) is 0 Å². The molecule has 0 N–H and O–H groups in total. The van der Waals surface area contributed by atoms with E-state index in [1.165, 1.54) is 7.11 Å². The Morgan fingerprint density at radius 2 is 1.60 bits per heavy atom.